The van der Waals surface area contributed by atoms with Crippen molar-refractivity contribution in [2.45, 2.75) is 6.54 Å². The Morgan fingerprint density at radius 3 is 2.34 bits per heavy atom. The zero-order valence-electron chi connectivity index (χ0n) is 16.1. The van der Waals surface area contributed by atoms with Gasteiger partial charge in [-0.25, -0.2) is 0 Å². The fourth-order valence-corrected chi connectivity index (χ4v) is 2.90. The maximum absolute atomic E-state index is 6.01. The highest BCUT2D eigenvalue weighted by atomic mass is 16.5. The molecule has 0 radical (unpaired) electrons. The molecule has 1 aromatic heterocycles. The summed E-state index contributed by atoms with van der Waals surface area (Å²) in [6.45, 7) is 0.434. The Bertz CT molecular complexity index is 1100. The van der Waals surface area contributed by atoms with Crippen LogP contribution >= 0.6 is 0 Å². The van der Waals surface area contributed by atoms with Crippen molar-refractivity contribution in [1.29, 1.82) is 0 Å². The standard InChI is InChI=1S/C22H20N4O3/c1-27-20-13-12-16(14-21(20)28-2)22-23-25-26(24-22)15-17-8-6-7-11-19(17)29-18-9-4-3-5-10-18/h3-14H,15H2,1-2H3. The van der Waals surface area contributed by atoms with E-state index in [1.165, 1.54) is 0 Å². The molecule has 0 unspecified atom stereocenters. The van der Waals surface area contributed by atoms with Gasteiger partial charge in [-0.1, -0.05) is 36.4 Å². The number of aromatic nitrogens is 4. The number of ether oxygens (including phenoxy) is 3. The lowest BCUT2D eigenvalue weighted by Gasteiger charge is -2.10. The van der Waals surface area contributed by atoms with Crippen molar-refractivity contribution in [1.82, 2.24) is 20.2 Å². The zero-order valence-corrected chi connectivity index (χ0v) is 16.1. The molecule has 146 valence electrons. The molecular weight excluding hydrogens is 368 g/mol. The zero-order chi connectivity index (χ0) is 20.1. The predicted octanol–water partition coefficient (Wildman–Crippen LogP) is 4.20. The van der Waals surface area contributed by atoms with Crippen molar-refractivity contribution in [3.05, 3.63) is 78.4 Å². The van der Waals surface area contributed by atoms with E-state index < -0.39 is 0 Å². The molecule has 4 aromatic rings. The van der Waals surface area contributed by atoms with Crippen molar-refractivity contribution in [2.75, 3.05) is 14.2 Å². The topological polar surface area (TPSA) is 71.3 Å². The van der Waals surface area contributed by atoms with Crippen LogP contribution in [-0.2, 0) is 6.54 Å². The lowest BCUT2D eigenvalue weighted by atomic mass is 10.2. The fraction of sp³-hybridized carbons (Fsp3) is 0.136. The Kier molecular flexibility index (Phi) is 5.38. The summed E-state index contributed by atoms with van der Waals surface area (Å²) in [6.07, 6.45) is 0. The minimum absolute atomic E-state index is 0.434. The van der Waals surface area contributed by atoms with Gasteiger partial charge in [0.25, 0.3) is 0 Å². The van der Waals surface area contributed by atoms with Gasteiger partial charge in [0.2, 0.25) is 5.82 Å². The Hall–Kier alpha value is -3.87. The van der Waals surface area contributed by atoms with Crippen LogP contribution in [0.3, 0.4) is 0 Å². The Morgan fingerprint density at radius 1 is 0.793 bits per heavy atom. The van der Waals surface area contributed by atoms with Crippen LogP contribution in [0.15, 0.2) is 72.8 Å². The number of hydrogen-bond acceptors (Lipinski definition) is 6. The summed E-state index contributed by atoms with van der Waals surface area (Å²) in [5, 5.41) is 12.9. The van der Waals surface area contributed by atoms with Crippen LogP contribution in [0, 0.1) is 0 Å². The van der Waals surface area contributed by atoms with E-state index >= 15 is 0 Å². The average molecular weight is 388 g/mol. The van der Waals surface area contributed by atoms with E-state index in [0.717, 1.165) is 22.6 Å². The van der Waals surface area contributed by atoms with Gasteiger partial charge < -0.3 is 14.2 Å². The van der Waals surface area contributed by atoms with Crippen molar-refractivity contribution in [2.24, 2.45) is 0 Å². The number of methoxy groups -OCH3 is 2. The second-order valence-corrected chi connectivity index (χ2v) is 6.24. The molecule has 0 saturated carbocycles. The number of hydrogen-bond donors (Lipinski definition) is 0. The minimum atomic E-state index is 0.434. The molecule has 0 aliphatic heterocycles. The maximum Gasteiger partial charge on any atom is 0.205 e. The third-order valence-electron chi connectivity index (χ3n) is 4.35. The van der Waals surface area contributed by atoms with E-state index in [1.807, 2.05) is 72.8 Å². The number of rotatable bonds is 7. The van der Waals surface area contributed by atoms with Gasteiger partial charge in [-0.2, -0.15) is 4.80 Å². The first-order chi connectivity index (χ1) is 14.3. The molecule has 3 aromatic carbocycles. The highest BCUT2D eigenvalue weighted by Crippen LogP contribution is 2.31. The van der Waals surface area contributed by atoms with Gasteiger partial charge in [0.15, 0.2) is 11.5 Å². The van der Waals surface area contributed by atoms with E-state index in [0.29, 0.717) is 23.9 Å². The summed E-state index contributed by atoms with van der Waals surface area (Å²) < 4.78 is 16.6. The van der Waals surface area contributed by atoms with E-state index in [2.05, 4.69) is 15.4 Å². The number of benzene rings is 3. The molecule has 0 atom stereocenters. The fourth-order valence-electron chi connectivity index (χ4n) is 2.90. The smallest absolute Gasteiger partial charge is 0.205 e. The first-order valence-corrected chi connectivity index (χ1v) is 9.08. The molecule has 0 spiro atoms. The highest BCUT2D eigenvalue weighted by Gasteiger charge is 2.12. The van der Waals surface area contributed by atoms with Crippen molar-refractivity contribution >= 4 is 0 Å². The minimum Gasteiger partial charge on any atom is -0.493 e. The molecule has 1 heterocycles. The van der Waals surface area contributed by atoms with Crippen LogP contribution in [0.25, 0.3) is 11.4 Å². The third kappa shape index (κ3) is 4.19. The van der Waals surface area contributed by atoms with Gasteiger partial charge in [0.1, 0.15) is 11.5 Å². The summed E-state index contributed by atoms with van der Waals surface area (Å²) >= 11 is 0. The summed E-state index contributed by atoms with van der Waals surface area (Å²) in [5.41, 5.74) is 1.75. The Morgan fingerprint density at radius 2 is 1.55 bits per heavy atom. The van der Waals surface area contributed by atoms with Gasteiger partial charge in [-0.15, -0.1) is 10.2 Å². The summed E-state index contributed by atoms with van der Waals surface area (Å²) in [7, 11) is 3.19. The van der Waals surface area contributed by atoms with Crippen molar-refractivity contribution < 1.29 is 14.2 Å². The number of para-hydroxylation sites is 2. The van der Waals surface area contributed by atoms with E-state index in [9.17, 15) is 0 Å². The lowest BCUT2D eigenvalue weighted by molar-refractivity contribution is 0.355. The highest BCUT2D eigenvalue weighted by molar-refractivity contribution is 5.60. The Labute approximate surface area is 168 Å². The first kappa shape index (κ1) is 18.5. The molecular formula is C22H20N4O3. The molecule has 0 bridgehead atoms. The van der Waals surface area contributed by atoms with Gasteiger partial charge in [0.05, 0.1) is 20.8 Å². The Balaban J connectivity index is 1.56. The van der Waals surface area contributed by atoms with Gasteiger partial charge >= 0.3 is 0 Å². The molecule has 0 aliphatic rings. The summed E-state index contributed by atoms with van der Waals surface area (Å²) in [4.78, 5) is 1.54. The average Bonchev–Trinajstić information content (AvgIpc) is 3.24. The third-order valence-corrected chi connectivity index (χ3v) is 4.35. The SMILES string of the molecule is COc1ccc(-c2nnn(Cc3ccccc3Oc3ccccc3)n2)cc1OC. The van der Waals surface area contributed by atoms with Gasteiger partial charge in [-0.3, -0.25) is 0 Å². The van der Waals surface area contributed by atoms with Crippen LogP contribution in [0.4, 0.5) is 0 Å². The second-order valence-electron chi connectivity index (χ2n) is 6.24. The van der Waals surface area contributed by atoms with E-state index in [4.69, 9.17) is 14.2 Å². The van der Waals surface area contributed by atoms with Crippen LogP contribution in [0.5, 0.6) is 23.0 Å². The first-order valence-electron chi connectivity index (χ1n) is 9.08. The van der Waals surface area contributed by atoms with Crippen molar-refractivity contribution in [3.8, 4) is 34.4 Å². The summed E-state index contributed by atoms with van der Waals surface area (Å²) in [6, 6.07) is 23.0. The van der Waals surface area contributed by atoms with Crippen LogP contribution in [0.1, 0.15) is 5.56 Å². The predicted molar refractivity (Wildman–Crippen MR) is 108 cm³/mol. The van der Waals surface area contributed by atoms with Crippen molar-refractivity contribution in [3.63, 3.8) is 0 Å². The quantitative estimate of drug-likeness (QED) is 0.473. The van der Waals surface area contributed by atoms with Crippen LogP contribution in [0.2, 0.25) is 0 Å². The van der Waals surface area contributed by atoms with Crippen LogP contribution < -0.4 is 14.2 Å². The molecule has 0 aliphatic carbocycles. The number of tetrazole rings is 1. The lowest BCUT2D eigenvalue weighted by Crippen LogP contribution is -2.05. The summed E-state index contributed by atoms with van der Waals surface area (Å²) in [5.74, 6) is 3.30. The number of nitrogens with zero attached hydrogens (tertiary/aromatic N) is 4. The van der Waals surface area contributed by atoms with E-state index in [1.54, 1.807) is 19.0 Å². The molecule has 0 saturated heterocycles. The molecule has 7 heteroatoms. The largest absolute Gasteiger partial charge is 0.493 e. The molecule has 0 N–H and O–H groups in total. The normalized spacial score (nSPS) is 10.6. The second kappa shape index (κ2) is 8.43. The van der Waals surface area contributed by atoms with E-state index in [-0.39, 0.29) is 0 Å². The van der Waals surface area contributed by atoms with Gasteiger partial charge in [0, 0.05) is 11.1 Å². The van der Waals surface area contributed by atoms with Gasteiger partial charge in [-0.05, 0) is 41.6 Å². The van der Waals surface area contributed by atoms with Crippen LogP contribution in [-0.4, -0.2) is 34.4 Å². The molecule has 0 fully saturated rings. The molecule has 7 nitrogen and oxygen atoms in total. The monoisotopic (exact) mass is 388 g/mol. The molecule has 4 rings (SSSR count). The maximum atomic E-state index is 6.01. The molecule has 0 amide bonds. The molecule has 29 heavy (non-hydrogen) atoms.